The van der Waals surface area contributed by atoms with Crippen LogP contribution < -0.4 is 10.6 Å². The number of aliphatic imine (C=N–C) groups is 1. The summed E-state index contributed by atoms with van der Waals surface area (Å²) in [5.74, 6) is 0.900. The molecule has 1 aromatic carbocycles. The molecule has 0 bridgehead atoms. The van der Waals surface area contributed by atoms with Crippen LogP contribution in [0.25, 0.3) is 0 Å². The van der Waals surface area contributed by atoms with Crippen molar-refractivity contribution in [3.05, 3.63) is 54.1 Å². The Labute approximate surface area is 185 Å². The third kappa shape index (κ3) is 7.79. The van der Waals surface area contributed by atoms with E-state index in [9.17, 15) is 0 Å². The Morgan fingerprint density at radius 3 is 2.50 bits per heavy atom. The molecule has 0 aliphatic carbocycles. The van der Waals surface area contributed by atoms with Crippen LogP contribution in [0.15, 0.2) is 48.0 Å². The number of imidazole rings is 1. The predicted molar refractivity (Wildman–Crippen MR) is 126 cm³/mol. The summed E-state index contributed by atoms with van der Waals surface area (Å²) in [5.41, 5.74) is 2.49. The number of nitrogens with one attached hydrogen (secondary N) is 2. The lowest BCUT2D eigenvalue weighted by Gasteiger charge is -2.26. The average Bonchev–Trinajstić information content (AvgIpc) is 3.21. The number of halogens is 1. The fraction of sp³-hybridized carbons (Fsp3) is 0.524. The Balaban J connectivity index is 0.00000280. The number of piperidine rings is 1. The Morgan fingerprint density at radius 2 is 1.82 bits per heavy atom. The average molecular weight is 496 g/mol. The van der Waals surface area contributed by atoms with Crippen molar-refractivity contribution in [3.63, 3.8) is 0 Å². The largest absolute Gasteiger partial charge is 0.357 e. The topological polar surface area (TPSA) is 57.5 Å². The Bertz CT molecular complexity index is 677. The Hall–Kier alpha value is -1.61. The molecule has 1 aliphatic heterocycles. The van der Waals surface area contributed by atoms with Crippen LogP contribution in [0.5, 0.6) is 0 Å². The predicted octanol–water partition coefficient (Wildman–Crippen LogP) is 3.09. The molecular weight excluding hydrogens is 463 g/mol. The fourth-order valence-electron chi connectivity index (χ4n) is 3.37. The van der Waals surface area contributed by atoms with E-state index in [4.69, 9.17) is 4.99 Å². The van der Waals surface area contributed by atoms with Crippen LogP contribution in [0.2, 0.25) is 0 Å². The van der Waals surface area contributed by atoms with Gasteiger partial charge in [-0.2, -0.15) is 0 Å². The first-order valence-corrected chi connectivity index (χ1v) is 10.1. The van der Waals surface area contributed by atoms with Crippen LogP contribution in [0.4, 0.5) is 0 Å². The molecule has 1 aliphatic rings. The monoisotopic (exact) mass is 496 g/mol. The Kier molecular flexibility index (Phi) is 10.3. The molecule has 154 valence electrons. The van der Waals surface area contributed by atoms with Crippen LogP contribution in [0.3, 0.4) is 0 Å². The van der Waals surface area contributed by atoms with E-state index in [2.05, 4.69) is 56.3 Å². The molecule has 7 heteroatoms. The maximum absolute atomic E-state index is 4.73. The minimum absolute atomic E-state index is 0. The molecule has 0 atom stereocenters. The number of hydrogen-bond acceptors (Lipinski definition) is 3. The lowest BCUT2D eigenvalue weighted by molar-refractivity contribution is 0.232. The molecule has 0 saturated carbocycles. The van der Waals surface area contributed by atoms with E-state index < -0.39 is 0 Å². The maximum atomic E-state index is 4.73. The summed E-state index contributed by atoms with van der Waals surface area (Å²) >= 11 is 0. The molecule has 3 rings (SSSR count). The van der Waals surface area contributed by atoms with Gasteiger partial charge in [-0.05, 0) is 44.0 Å². The third-order valence-corrected chi connectivity index (χ3v) is 4.88. The standard InChI is InChI=1S/C21H32N6.HI/c1-2-23-21(24-11-15-26-12-4-3-5-13-26)25-16-19-6-8-20(9-7-19)17-27-14-10-22-18-27;/h6-10,14,18H,2-5,11-13,15-17H2,1H3,(H2,23,24,25);1H. The maximum Gasteiger partial charge on any atom is 0.191 e. The zero-order valence-electron chi connectivity index (χ0n) is 16.8. The summed E-state index contributed by atoms with van der Waals surface area (Å²) in [4.78, 5) is 11.4. The van der Waals surface area contributed by atoms with Crippen LogP contribution in [0.1, 0.15) is 37.3 Å². The van der Waals surface area contributed by atoms with Crippen molar-refractivity contribution in [3.8, 4) is 0 Å². The summed E-state index contributed by atoms with van der Waals surface area (Å²) in [7, 11) is 0. The van der Waals surface area contributed by atoms with E-state index in [0.717, 1.165) is 32.1 Å². The van der Waals surface area contributed by atoms with Gasteiger partial charge >= 0.3 is 0 Å². The second kappa shape index (κ2) is 12.8. The van der Waals surface area contributed by atoms with Crippen molar-refractivity contribution in [2.24, 2.45) is 4.99 Å². The van der Waals surface area contributed by atoms with Crippen molar-refractivity contribution >= 4 is 29.9 Å². The minimum atomic E-state index is 0. The van der Waals surface area contributed by atoms with Gasteiger partial charge in [0.05, 0.1) is 12.9 Å². The van der Waals surface area contributed by atoms with E-state index in [-0.39, 0.29) is 24.0 Å². The summed E-state index contributed by atoms with van der Waals surface area (Å²) in [5, 5.41) is 6.81. The van der Waals surface area contributed by atoms with E-state index in [1.165, 1.54) is 43.5 Å². The molecule has 2 N–H and O–H groups in total. The first-order valence-electron chi connectivity index (χ1n) is 10.1. The van der Waals surface area contributed by atoms with E-state index in [0.29, 0.717) is 6.54 Å². The van der Waals surface area contributed by atoms with Crippen molar-refractivity contribution in [1.82, 2.24) is 25.1 Å². The normalized spacial score (nSPS) is 15.1. The molecule has 0 spiro atoms. The molecule has 1 aromatic heterocycles. The van der Waals surface area contributed by atoms with Crippen molar-refractivity contribution in [2.75, 3.05) is 32.7 Å². The SMILES string of the molecule is CCNC(=NCc1ccc(Cn2ccnc2)cc1)NCCN1CCCCC1.I. The lowest BCUT2D eigenvalue weighted by Crippen LogP contribution is -2.42. The molecule has 0 radical (unpaired) electrons. The number of nitrogens with zero attached hydrogens (tertiary/aromatic N) is 4. The summed E-state index contributed by atoms with van der Waals surface area (Å²) < 4.78 is 2.07. The van der Waals surface area contributed by atoms with Crippen molar-refractivity contribution in [2.45, 2.75) is 39.3 Å². The first kappa shape index (κ1) is 22.7. The highest BCUT2D eigenvalue weighted by Gasteiger charge is 2.09. The number of guanidine groups is 1. The van der Waals surface area contributed by atoms with Crippen LogP contribution in [-0.4, -0.2) is 53.1 Å². The third-order valence-electron chi connectivity index (χ3n) is 4.88. The molecule has 1 saturated heterocycles. The molecule has 0 unspecified atom stereocenters. The summed E-state index contributed by atoms with van der Waals surface area (Å²) in [6.45, 7) is 9.02. The van der Waals surface area contributed by atoms with Gasteiger partial charge in [-0.15, -0.1) is 24.0 Å². The molecule has 0 amide bonds. The minimum Gasteiger partial charge on any atom is -0.357 e. The number of benzene rings is 1. The van der Waals surface area contributed by atoms with Crippen LogP contribution in [0, 0.1) is 0 Å². The van der Waals surface area contributed by atoms with Gasteiger partial charge in [-0.25, -0.2) is 9.98 Å². The van der Waals surface area contributed by atoms with Crippen molar-refractivity contribution < 1.29 is 0 Å². The van der Waals surface area contributed by atoms with Gasteiger partial charge in [-0.1, -0.05) is 30.7 Å². The highest BCUT2D eigenvalue weighted by molar-refractivity contribution is 14.0. The Morgan fingerprint density at radius 1 is 1.07 bits per heavy atom. The number of likely N-dealkylation sites (tertiary alicyclic amines) is 1. The number of rotatable bonds is 8. The van der Waals surface area contributed by atoms with Gasteiger partial charge in [-0.3, -0.25) is 0 Å². The van der Waals surface area contributed by atoms with E-state index >= 15 is 0 Å². The summed E-state index contributed by atoms with van der Waals surface area (Å²) in [6, 6.07) is 8.66. The smallest absolute Gasteiger partial charge is 0.191 e. The van der Waals surface area contributed by atoms with Gasteiger partial charge in [0.2, 0.25) is 0 Å². The molecule has 1 fully saturated rings. The number of aromatic nitrogens is 2. The van der Waals surface area contributed by atoms with Gasteiger partial charge in [0.1, 0.15) is 0 Å². The molecule has 2 heterocycles. The molecule has 6 nitrogen and oxygen atoms in total. The van der Waals surface area contributed by atoms with E-state index in [1.54, 1.807) is 0 Å². The first-order chi connectivity index (χ1) is 13.3. The second-order valence-electron chi connectivity index (χ2n) is 7.08. The summed E-state index contributed by atoms with van der Waals surface area (Å²) in [6.07, 6.45) is 9.70. The quantitative estimate of drug-likeness (QED) is 0.335. The zero-order valence-corrected chi connectivity index (χ0v) is 19.1. The zero-order chi connectivity index (χ0) is 18.7. The van der Waals surface area contributed by atoms with Gasteiger partial charge in [0.25, 0.3) is 0 Å². The van der Waals surface area contributed by atoms with Crippen LogP contribution in [-0.2, 0) is 13.1 Å². The number of hydrogen-bond donors (Lipinski definition) is 2. The lowest BCUT2D eigenvalue weighted by atomic mass is 10.1. The van der Waals surface area contributed by atoms with Gasteiger partial charge in [0.15, 0.2) is 5.96 Å². The highest BCUT2D eigenvalue weighted by Crippen LogP contribution is 2.08. The second-order valence-corrected chi connectivity index (χ2v) is 7.08. The van der Waals surface area contributed by atoms with Crippen molar-refractivity contribution in [1.29, 1.82) is 0 Å². The van der Waals surface area contributed by atoms with E-state index in [1.807, 2.05) is 18.7 Å². The molecule has 2 aromatic rings. The fourth-order valence-corrected chi connectivity index (χ4v) is 3.37. The molecule has 28 heavy (non-hydrogen) atoms. The van der Waals surface area contributed by atoms with Gasteiger partial charge < -0.3 is 20.1 Å². The highest BCUT2D eigenvalue weighted by atomic mass is 127. The molecular formula is C21H33IN6. The van der Waals surface area contributed by atoms with Crippen LogP contribution >= 0.6 is 24.0 Å². The van der Waals surface area contributed by atoms with Gasteiger partial charge in [0, 0.05) is 38.6 Å².